The third-order valence-electron chi connectivity index (χ3n) is 2.13. The number of benzene rings is 1. The Labute approximate surface area is 86.1 Å². The molecule has 1 aromatic carbocycles. The summed E-state index contributed by atoms with van der Waals surface area (Å²) in [4.78, 5) is 11.7. The van der Waals surface area contributed by atoms with Gasteiger partial charge in [0, 0.05) is 11.3 Å². The Balaban J connectivity index is 2.59. The molecule has 1 heterocycles. The summed E-state index contributed by atoms with van der Waals surface area (Å²) >= 11 is 0. The van der Waals surface area contributed by atoms with Gasteiger partial charge in [0.25, 0.3) is 0 Å². The van der Waals surface area contributed by atoms with Crippen molar-refractivity contribution in [2.24, 2.45) is 0 Å². The highest BCUT2D eigenvalue weighted by Gasteiger charge is 2.27. The number of Topliss-reactive ketones (excluding diaryl/α,β-unsaturated/α-hetero) is 1. The molecule has 0 bridgehead atoms. The normalized spacial score (nSPS) is 12.4. The van der Waals surface area contributed by atoms with Gasteiger partial charge in [-0.3, -0.25) is 4.79 Å². The molecule has 0 unspecified atom stereocenters. The fraction of sp³-hybridized carbons (Fsp3) is 0. The lowest BCUT2D eigenvalue weighted by atomic mass is 10.1. The maximum absolute atomic E-state index is 11.7. The number of hydrogen-bond acceptors (Lipinski definition) is 4. The highest BCUT2D eigenvalue weighted by atomic mass is 16.1. The van der Waals surface area contributed by atoms with Gasteiger partial charge < -0.3 is 5.32 Å². The van der Waals surface area contributed by atoms with E-state index in [9.17, 15) is 4.79 Å². The molecule has 0 saturated carbocycles. The third-order valence-corrected chi connectivity index (χ3v) is 2.13. The molecule has 0 spiro atoms. The van der Waals surface area contributed by atoms with Crippen molar-refractivity contribution < 1.29 is 4.79 Å². The van der Waals surface area contributed by atoms with E-state index in [1.165, 1.54) is 0 Å². The van der Waals surface area contributed by atoms with Crippen molar-refractivity contribution in [3.63, 3.8) is 0 Å². The summed E-state index contributed by atoms with van der Waals surface area (Å²) in [6.07, 6.45) is 0. The number of rotatable bonds is 0. The van der Waals surface area contributed by atoms with E-state index in [-0.39, 0.29) is 17.1 Å². The summed E-state index contributed by atoms with van der Waals surface area (Å²) in [7, 11) is 0. The maximum Gasteiger partial charge on any atom is 0.213 e. The van der Waals surface area contributed by atoms with E-state index in [0.29, 0.717) is 11.3 Å². The number of nitrogens with zero attached hydrogens (tertiary/aromatic N) is 2. The SMILES string of the molecule is N#CC(C#N)=C1Nc2ccccc2C1=O. The molecule has 1 aromatic rings. The minimum absolute atomic E-state index is 0.0706. The minimum atomic E-state index is -0.302. The molecule has 4 nitrogen and oxygen atoms in total. The predicted octanol–water partition coefficient (Wildman–Crippen LogP) is 1.60. The number of hydrogen-bond donors (Lipinski definition) is 1. The molecule has 0 radical (unpaired) electrons. The van der Waals surface area contributed by atoms with Crippen LogP contribution >= 0.6 is 0 Å². The Morgan fingerprint density at radius 1 is 1.20 bits per heavy atom. The van der Waals surface area contributed by atoms with Gasteiger partial charge in [-0.15, -0.1) is 0 Å². The van der Waals surface area contributed by atoms with E-state index < -0.39 is 0 Å². The van der Waals surface area contributed by atoms with Gasteiger partial charge in [0.15, 0.2) is 5.57 Å². The van der Waals surface area contributed by atoms with Crippen LogP contribution in [0.4, 0.5) is 5.69 Å². The molecule has 15 heavy (non-hydrogen) atoms. The van der Waals surface area contributed by atoms with Crippen LogP contribution in [-0.2, 0) is 0 Å². The van der Waals surface area contributed by atoms with E-state index in [0.717, 1.165) is 0 Å². The molecule has 1 aliphatic rings. The molecule has 0 aromatic heterocycles. The first-order valence-electron chi connectivity index (χ1n) is 4.23. The molecular weight excluding hydrogens is 190 g/mol. The number of nitriles is 2. The number of fused-ring (bicyclic) bond motifs is 1. The van der Waals surface area contributed by atoms with Crippen LogP contribution in [0.3, 0.4) is 0 Å². The Kier molecular flexibility index (Phi) is 1.97. The molecule has 0 aliphatic carbocycles. The summed E-state index contributed by atoms with van der Waals surface area (Å²) in [5.74, 6) is -0.302. The van der Waals surface area contributed by atoms with E-state index in [1.807, 2.05) is 0 Å². The van der Waals surface area contributed by atoms with Gasteiger partial charge in [0.2, 0.25) is 5.78 Å². The average Bonchev–Trinajstić information content (AvgIpc) is 2.60. The zero-order chi connectivity index (χ0) is 10.8. The number of carbonyl (C=O) groups excluding carboxylic acids is 1. The van der Waals surface area contributed by atoms with Gasteiger partial charge in [-0.2, -0.15) is 10.5 Å². The molecule has 0 saturated heterocycles. The summed E-state index contributed by atoms with van der Waals surface area (Å²) in [6, 6.07) is 10.3. The fourth-order valence-corrected chi connectivity index (χ4v) is 1.43. The van der Waals surface area contributed by atoms with Crippen LogP contribution in [-0.4, -0.2) is 5.78 Å². The lowest BCUT2D eigenvalue weighted by Crippen LogP contribution is -2.03. The fourth-order valence-electron chi connectivity index (χ4n) is 1.43. The zero-order valence-corrected chi connectivity index (χ0v) is 7.61. The minimum Gasteiger partial charge on any atom is -0.350 e. The molecule has 70 valence electrons. The molecule has 4 heteroatoms. The Morgan fingerprint density at radius 3 is 2.47 bits per heavy atom. The van der Waals surface area contributed by atoms with Crippen molar-refractivity contribution in [3.8, 4) is 12.1 Å². The van der Waals surface area contributed by atoms with Crippen LogP contribution in [0.2, 0.25) is 0 Å². The molecule has 0 atom stereocenters. The van der Waals surface area contributed by atoms with Gasteiger partial charge in [0.1, 0.15) is 17.8 Å². The van der Waals surface area contributed by atoms with Gasteiger partial charge in [-0.1, -0.05) is 12.1 Å². The molecule has 1 N–H and O–H groups in total. The molecule has 0 amide bonds. The van der Waals surface area contributed by atoms with Crippen molar-refractivity contribution in [2.45, 2.75) is 0 Å². The lowest BCUT2D eigenvalue weighted by molar-refractivity contribution is 0.104. The largest absolute Gasteiger partial charge is 0.350 e. The first-order chi connectivity index (χ1) is 7.27. The average molecular weight is 195 g/mol. The van der Waals surface area contributed by atoms with Gasteiger partial charge in [0.05, 0.1) is 0 Å². The van der Waals surface area contributed by atoms with E-state index in [4.69, 9.17) is 10.5 Å². The van der Waals surface area contributed by atoms with Crippen molar-refractivity contribution in [2.75, 3.05) is 5.32 Å². The van der Waals surface area contributed by atoms with Crippen molar-refractivity contribution in [1.82, 2.24) is 0 Å². The Hall–Kier alpha value is -2.59. The first-order valence-corrected chi connectivity index (χ1v) is 4.23. The number of nitrogens with one attached hydrogen (secondary N) is 1. The second kappa shape index (κ2) is 3.28. The number of para-hydroxylation sites is 1. The number of anilines is 1. The number of ketones is 1. The first kappa shape index (κ1) is 8.98. The zero-order valence-electron chi connectivity index (χ0n) is 7.61. The van der Waals surface area contributed by atoms with Crippen molar-refractivity contribution in [1.29, 1.82) is 10.5 Å². The summed E-state index contributed by atoms with van der Waals surface area (Å²) in [6.45, 7) is 0. The molecule has 2 rings (SSSR count). The second-order valence-electron chi connectivity index (χ2n) is 2.97. The van der Waals surface area contributed by atoms with E-state index in [1.54, 1.807) is 36.4 Å². The van der Waals surface area contributed by atoms with Gasteiger partial charge in [-0.05, 0) is 12.1 Å². The lowest BCUT2D eigenvalue weighted by Gasteiger charge is -1.95. The van der Waals surface area contributed by atoms with E-state index in [2.05, 4.69) is 5.32 Å². The number of carbonyl (C=O) groups is 1. The van der Waals surface area contributed by atoms with Crippen LogP contribution in [0.1, 0.15) is 10.4 Å². The third kappa shape index (κ3) is 1.25. The Morgan fingerprint density at radius 2 is 1.87 bits per heavy atom. The highest BCUT2D eigenvalue weighted by Crippen LogP contribution is 2.28. The maximum atomic E-state index is 11.7. The van der Waals surface area contributed by atoms with Crippen LogP contribution in [0.5, 0.6) is 0 Å². The predicted molar refractivity (Wildman–Crippen MR) is 52.6 cm³/mol. The molecule has 1 aliphatic heterocycles. The van der Waals surface area contributed by atoms with E-state index >= 15 is 0 Å². The smallest absolute Gasteiger partial charge is 0.213 e. The quantitative estimate of drug-likeness (QED) is 0.503. The number of allylic oxidation sites excluding steroid dienone is 2. The highest BCUT2D eigenvalue weighted by molar-refractivity contribution is 6.19. The van der Waals surface area contributed by atoms with Crippen LogP contribution < -0.4 is 5.32 Å². The Bertz CT molecular complexity index is 542. The standard InChI is InChI=1S/C11H5N3O/c12-5-7(6-13)10-11(15)8-3-1-2-4-9(8)14-10/h1-4,14H. The van der Waals surface area contributed by atoms with Crippen LogP contribution in [0.15, 0.2) is 35.5 Å². The van der Waals surface area contributed by atoms with Gasteiger partial charge >= 0.3 is 0 Å². The summed E-state index contributed by atoms with van der Waals surface area (Å²) in [5, 5.41) is 20.1. The topological polar surface area (TPSA) is 76.7 Å². The second-order valence-corrected chi connectivity index (χ2v) is 2.97. The van der Waals surface area contributed by atoms with Crippen molar-refractivity contribution in [3.05, 3.63) is 41.1 Å². The van der Waals surface area contributed by atoms with Gasteiger partial charge in [-0.25, -0.2) is 0 Å². The van der Waals surface area contributed by atoms with Crippen LogP contribution in [0, 0.1) is 22.7 Å². The summed E-state index contributed by atoms with van der Waals surface area (Å²) in [5.41, 5.74) is 1.02. The van der Waals surface area contributed by atoms with Crippen LogP contribution in [0.25, 0.3) is 0 Å². The molecular formula is C11H5N3O. The summed E-state index contributed by atoms with van der Waals surface area (Å²) < 4.78 is 0. The van der Waals surface area contributed by atoms with Crippen molar-refractivity contribution >= 4 is 11.5 Å². The molecule has 0 fully saturated rings. The monoisotopic (exact) mass is 195 g/mol.